The quantitative estimate of drug-likeness (QED) is 0.402. The second kappa shape index (κ2) is 8.33. The van der Waals surface area contributed by atoms with Crippen molar-refractivity contribution in [3.63, 3.8) is 0 Å². The Morgan fingerprint density at radius 3 is 2.40 bits per heavy atom. The molecule has 0 unspecified atom stereocenters. The number of H-pyrrole nitrogens is 1. The standard InChI is InChI=1S/C25H20FNO3/c26-19-10-8-16(9-11-19)14-18(25(29)30)15-24(28)23-13-12-22(27-23)21-7-3-5-17-4-1-2-6-20(17)21/h1-13,18,27H,14-15H2,(H,29,30)/t18-/m0/s1. The number of ketones is 1. The van der Waals surface area contributed by atoms with Gasteiger partial charge in [-0.15, -0.1) is 0 Å². The van der Waals surface area contributed by atoms with Gasteiger partial charge < -0.3 is 10.1 Å². The summed E-state index contributed by atoms with van der Waals surface area (Å²) in [6.45, 7) is 0. The molecule has 1 aromatic heterocycles. The molecule has 0 aliphatic carbocycles. The Kier molecular flexibility index (Phi) is 5.44. The average Bonchev–Trinajstić information content (AvgIpc) is 3.24. The molecule has 2 N–H and O–H groups in total. The molecule has 1 atom stereocenters. The summed E-state index contributed by atoms with van der Waals surface area (Å²) in [4.78, 5) is 27.6. The molecule has 0 aliphatic heterocycles. The topological polar surface area (TPSA) is 70.2 Å². The molecule has 0 aliphatic rings. The zero-order valence-electron chi connectivity index (χ0n) is 16.1. The zero-order valence-corrected chi connectivity index (χ0v) is 16.1. The molecular weight excluding hydrogens is 381 g/mol. The van der Waals surface area contributed by atoms with E-state index in [0.29, 0.717) is 11.3 Å². The maximum absolute atomic E-state index is 13.1. The first-order chi connectivity index (χ1) is 14.5. The number of fused-ring (bicyclic) bond motifs is 1. The second-order valence-corrected chi connectivity index (χ2v) is 7.31. The van der Waals surface area contributed by atoms with Gasteiger partial charge in [0, 0.05) is 17.7 Å². The molecule has 0 spiro atoms. The second-order valence-electron chi connectivity index (χ2n) is 7.31. The summed E-state index contributed by atoms with van der Waals surface area (Å²) >= 11 is 0. The molecule has 4 nitrogen and oxygen atoms in total. The number of carbonyl (C=O) groups is 2. The van der Waals surface area contributed by atoms with Gasteiger partial charge in [-0.25, -0.2) is 4.39 Å². The summed E-state index contributed by atoms with van der Waals surface area (Å²) in [5.74, 6) is -2.58. The molecule has 0 bridgehead atoms. The van der Waals surface area contributed by atoms with Gasteiger partial charge in [-0.2, -0.15) is 0 Å². The summed E-state index contributed by atoms with van der Waals surface area (Å²) in [6.07, 6.45) is 0.0282. The van der Waals surface area contributed by atoms with Gasteiger partial charge in [-0.3, -0.25) is 9.59 Å². The number of carboxylic acids is 1. The molecule has 5 heteroatoms. The number of rotatable bonds is 7. The third-order valence-electron chi connectivity index (χ3n) is 5.24. The van der Waals surface area contributed by atoms with E-state index < -0.39 is 11.9 Å². The van der Waals surface area contributed by atoms with Gasteiger partial charge in [0.25, 0.3) is 0 Å². The number of Topliss-reactive ketones (excluding diaryl/α,β-unsaturated/α-hetero) is 1. The summed E-state index contributed by atoms with van der Waals surface area (Å²) in [7, 11) is 0. The molecule has 3 aromatic carbocycles. The van der Waals surface area contributed by atoms with E-state index in [1.54, 1.807) is 18.2 Å². The van der Waals surface area contributed by atoms with Crippen molar-refractivity contribution in [2.24, 2.45) is 5.92 Å². The fourth-order valence-electron chi connectivity index (χ4n) is 3.66. The van der Waals surface area contributed by atoms with Crippen LogP contribution in [0.3, 0.4) is 0 Å². The summed E-state index contributed by atoms with van der Waals surface area (Å²) in [5, 5.41) is 11.7. The van der Waals surface area contributed by atoms with Crippen LogP contribution < -0.4 is 0 Å². The lowest BCUT2D eigenvalue weighted by atomic mass is 9.93. The molecule has 0 saturated carbocycles. The molecule has 150 valence electrons. The first-order valence-corrected chi connectivity index (χ1v) is 9.69. The van der Waals surface area contributed by atoms with Crippen LogP contribution in [0.5, 0.6) is 0 Å². The Morgan fingerprint density at radius 2 is 1.63 bits per heavy atom. The number of benzene rings is 3. The van der Waals surface area contributed by atoms with Crippen molar-refractivity contribution in [2.75, 3.05) is 0 Å². The highest BCUT2D eigenvalue weighted by atomic mass is 19.1. The van der Waals surface area contributed by atoms with E-state index in [2.05, 4.69) is 4.98 Å². The van der Waals surface area contributed by atoms with E-state index in [1.165, 1.54) is 12.1 Å². The number of halogens is 1. The van der Waals surface area contributed by atoms with Gasteiger partial charge in [-0.1, -0.05) is 54.6 Å². The fourth-order valence-corrected chi connectivity index (χ4v) is 3.66. The van der Waals surface area contributed by atoms with E-state index in [1.807, 2.05) is 48.5 Å². The summed E-state index contributed by atoms with van der Waals surface area (Å²) in [5.41, 5.74) is 2.84. The Labute approximate surface area is 173 Å². The molecule has 1 heterocycles. The number of carboxylic acid groups (broad SMARTS) is 1. The van der Waals surface area contributed by atoms with Gasteiger partial charge in [0.1, 0.15) is 5.82 Å². The van der Waals surface area contributed by atoms with Crippen LogP contribution in [0.15, 0.2) is 78.9 Å². The van der Waals surface area contributed by atoms with Crippen LogP contribution in [0.4, 0.5) is 4.39 Å². The summed E-state index contributed by atoms with van der Waals surface area (Å²) in [6, 6.07) is 23.2. The largest absolute Gasteiger partial charge is 0.481 e. The predicted octanol–water partition coefficient (Wildman–Crippen LogP) is 5.49. The van der Waals surface area contributed by atoms with Crippen molar-refractivity contribution in [3.05, 3.63) is 95.9 Å². The van der Waals surface area contributed by atoms with Crippen molar-refractivity contribution >= 4 is 22.5 Å². The number of aromatic nitrogens is 1. The first-order valence-electron chi connectivity index (χ1n) is 9.69. The molecule has 4 aromatic rings. The monoisotopic (exact) mass is 401 g/mol. The molecular formula is C25H20FNO3. The van der Waals surface area contributed by atoms with Crippen LogP contribution in [0, 0.1) is 11.7 Å². The van der Waals surface area contributed by atoms with E-state index in [4.69, 9.17) is 0 Å². The molecule has 30 heavy (non-hydrogen) atoms. The third kappa shape index (κ3) is 4.15. The number of carbonyl (C=O) groups excluding carboxylic acids is 1. The predicted molar refractivity (Wildman–Crippen MR) is 114 cm³/mol. The molecule has 4 rings (SSSR count). The van der Waals surface area contributed by atoms with Crippen molar-refractivity contribution in [3.8, 4) is 11.3 Å². The number of hydrogen-bond acceptors (Lipinski definition) is 2. The third-order valence-corrected chi connectivity index (χ3v) is 5.24. The van der Waals surface area contributed by atoms with Crippen molar-refractivity contribution < 1.29 is 19.1 Å². The number of aromatic amines is 1. The normalized spacial score (nSPS) is 12.0. The molecule has 0 fully saturated rings. The van der Waals surface area contributed by atoms with E-state index in [-0.39, 0.29) is 24.4 Å². The van der Waals surface area contributed by atoms with E-state index in [9.17, 15) is 19.1 Å². The highest BCUT2D eigenvalue weighted by molar-refractivity contribution is 5.99. The smallest absolute Gasteiger partial charge is 0.307 e. The lowest BCUT2D eigenvalue weighted by Gasteiger charge is -2.11. The van der Waals surface area contributed by atoms with Crippen molar-refractivity contribution in [1.82, 2.24) is 4.98 Å². The van der Waals surface area contributed by atoms with Crippen LogP contribution in [0.1, 0.15) is 22.5 Å². The Bertz CT molecular complexity index is 1210. The Morgan fingerprint density at radius 1 is 0.900 bits per heavy atom. The van der Waals surface area contributed by atoms with Gasteiger partial charge in [0.15, 0.2) is 5.78 Å². The van der Waals surface area contributed by atoms with Crippen LogP contribution in [-0.2, 0) is 11.2 Å². The van der Waals surface area contributed by atoms with Gasteiger partial charge in [-0.05, 0) is 47.0 Å². The average molecular weight is 401 g/mol. The van der Waals surface area contributed by atoms with Crippen LogP contribution in [0.2, 0.25) is 0 Å². The van der Waals surface area contributed by atoms with Crippen molar-refractivity contribution in [2.45, 2.75) is 12.8 Å². The lowest BCUT2D eigenvalue weighted by Crippen LogP contribution is -2.20. The van der Waals surface area contributed by atoms with Crippen molar-refractivity contribution in [1.29, 1.82) is 0 Å². The van der Waals surface area contributed by atoms with E-state index >= 15 is 0 Å². The minimum absolute atomic E-state index is 0.137. The minimum Gasteiger partial charge on any atom is -0.481 e. The maximum atomic E-state index is 13.1. The maximum Gasteiger partial charge on any atom is 0.307 e. The van der Waals surface area contributed by atoms with Gasteiger partial charge in [0.05, 0.1) is 11.6 Å². The molecule has 0 saturated heterocycles. The van der Waals surface area contributed by atoms with Crippen LogP contribution in [-0.4, -0.2) is 21.8 Å². The summed E-state index contributed by atoms with van der Waals surface area (Å²) < 4.78 is 13.1. The number of aliphatic carboxylic acids is 1. The Hall–Kier alpha value is -3.73. The first kappa shape index (κ1) is 19.6. The van der Waals surface area contributed by atoms with Gasteiger partial charge in [0.2, 0.25) is 0 Å². The highest BCUT2D eigenvalue weighted by Crippen LogP contribution is 2.28. The van der Waals surface area contributed by atoms with Crippen LogP contribution >= 0.6 is 0 Å². The van der Waals surface area contributed by atoms with E-state index in [0.717, 1.165) is 22.0 Å². The van der Waals surface area contributed by atoms with Gasteiger partial charge >= 0.3 is 5.97 Å². The Balaban J connectivity index is 1.54. The van der Waals surface area contributed by atoms with Crippen LogP contribution in [0.25, 0.3) is 22.0 Å². The zero-order chi connectivity index (χ0) is 21.1. The molecule has 0 radical (unpaired) electrons. The minimum atomic E-state index is -1.05. The number of hydrogen-bond donors (Lipinski definition) is 2. The fraction of sp³-hybridized carbons (Fsp3) is 0.120. The molecule has 0 amide bonds. The number of nitrogens with one attached hydrogen (secondary N) is 1. The lowest BCUT2D eigenvalue weighted by molar-refractivity contribution is -0.141. The highest BCUT2D eigenvalue weighted by Gasteiger charge is 2.23. The SMILES string of the molecule is O=C(C[C@H](Cc1ccc(F)cc1)C(=O)O)c1ccc(-c2cccc3ccccc23)[nH]1.